The second-order valence-corrected chi connectivity index (χ2v) is 5.63. The predicted octanol–water partition coefficient (Wildman–Crippen LogP) is 2.14. The molecule has 0 aromatic rings. The average Bonchev–Trinajstić information content (AvgIpc) is 2.28. The van der Waals surface area contributed by atoms with Crippen molar-refractivity contribution in [2.24, 2.45) is 5.41 Å². The van der Waals surface area contributed by atoms with Crippen molar-refractivity contribution in [2.45, 2.75) is 46.1 Å². The summed E-state index contributed by atoms with van der Waals surface area (Å²) in [7, 11) is 1.33. The Morgan fingerprint density at radius 1 is 1.22 bits per heavy atom. The van der Waals surface area contributed by atoms with E-state index in [-0.39, 0.29) is 11.0 Å². The SMILES string of the molecule is COC(=O)NCCC(C)(C)OCCC(C)(C)C=O. The molecule has 0 saturated carbocycles. The molecule has 0 aromatic carbocycles. The van der Waals surface area contributed by atoms with E-state index in [1.54, 1.807) is 0 Å². The lowest BCUT2D eigenvalue weighted by molar-refractivity contribution is -0.116. The van der Waals surface area contributed by atoms with Gasteiger partial charge in [-0.15, -0.1) is 0 Å². The number of nitrogens with one attached hydrogen (secondary N) is 1. The molecule has 0 bridgehead atoms. The van der Waals surface area contributed by atoms with Crippen LogP contribution in [0.1, 0.15) is 40.5 Å². The van der Waals surface area contributed by atoms with E-state index in [1.807, 2.05) is 27.7 Å². The van der Waals surface area contributed by atoms with E-state index in [4.69, 9.17) is 4.74 Å². The number of ether oxygens (including phenoxy) is 2. The van der Waals surface area contributed by atoms with Crippen molar-refractivity contribution in [1.82, 2.24) is 5.32 Å². The molecule has 0 aliphatic heterocycles. The van der Waals surface area contributed by atoms with Crippen molar-refractivity contribution in [3.63, 3.8) is 0 Å². The number of carbonyl (C=O) groups is 2. The molecule has 0 aliphatic carbocycles. The van der Waals surface area contributed by atoms with Crippen molar-refractivity contribution in [3.05, 3.63) is 0 Å². The number of aldehydes is 1. The summed E-state index contributed by atoms with van der Waals surface area (Å²) in [5.41, 5.74) is -0.680. The van der Waals surface area contributed by atoms with Crippen LogP contribution in [0.15, 0.2) is 0 Å². The van der Waals surface area contributed by atoms with Crippen molar-refractivity contribution in [3.8, 4) is 0 Å². The van der Waals surface area contributed by atoms with Crippen LogP contribution in [0.25, 0.3) is 0 Å². The molecule has 0 aliphatic rings. The summed E-state index contributed by atoms with van der Waals surface area (Å²) < 4.78 is 10.2. The summed E-state index contributed by atoms with van der Waals surface area (Å²) in [4.78, 5) is 21.6. The minimum atomic E-state index is -0.437. The summed E-state index contributed by atoms with van der Waals surface area (Å²) in [5, 5.41) is 2.61. The summed E-state index contributed by atoms with van der Waals surface area (Å²) in [6.07, 6.45) is 1.88. The topological polar surface area (TPSA) is 64.6 Å². The maximum absolute atomic E-state index is 10.9. The Hall–Kier alpha value is -1.10. The molecule has 0 heterocycles. The van der Waals surface area contributed by atoms with Gasteiger partial charge in [0.05, 0.1) is 12.7 Å². The quantitative estimate of drug-likeness (QED) is 0.678. The second kappa shape index (κ2) is 7.36. The monoisotopic (exact) mass is 259 g/mol. The maximum Gasteiger partial charge on any atom is 0.406 e. The Labute approximate surface area is 109 Å². The number of amides is 1. The van der Waals surface area contributed by atoms with Gasteiger partial charge in [-0.25, -0.2) is 4.79 Å². The van der Waals surface area contributed by atoms with E-state index in [2.05, 4.69) is 10.1 Å². The Morgan fingerprint density at radius 2 is 1.83 bits per heavy atom. The molecule has 0 unspecified atom stereocenters. The normalized spacial score (nSPS) is 12.1. The average molecular weight is 259 g/mol. The fourth-order valence-corrected chi connectivity index (χ4v) is 1.26. The van der Waals surface area contributed by atoms with Gasteiger partial charge in [0.1, 0.15) is 6.29 Å². The number of alkyl carbamates (subject to hydrolysis) is 1. The summed E-state index contributed by atoms with van der Waals surface area (Å²) in [5.74, 6) is 0. The maximum atomic E-state index is 10.9. The minimum absolute atomic E-state index is 0.333. The Kier molecular flexibility index (Phi) is 6.91. The van der Waals surface area contributed by atoms with Gasteiger partial charge in [0.15, 0.2) is 0 Å². The van der Waals surface area contributed by atoms with Crippen LogP contribution in [0, 0.1) is 5.41 Å². The van der Waals surface area contributed by atoms with Crippen LogP contribution in [-0.4, -0.2) is 38.2 Å². The molecule has 0 spiro atoms. The van der Waals surface area contributed by atoms with Gasteiger partial charge in [0.25, 0.3) is 0 Å². The Bertz CT molecular complexity index is 274. The summed E-state index contributed by atoms with van der Waals surface area (Å²) in [6.45, 7) is 8.71. The number of carbonyl (C=O) groups excluding carboxylic acids is 2. The zero-order chi connectivity index (χ0) is 14.2. The zero-order valence-corrected chi connectivity index (χ0v) is 12.0. The fraction of sp³-hybridized carbons (Fsp3) is 0.846. The number of hydrogen-bond acceptors (Lipinski definition) is 4. The van der Waals surface area contributed by atoms with Gasteiger partial charge in [-0.2, -0.15) is 0 Å². The van der Waals surface area contributed by atoms with Crippen molar-refractivity contribution in [1.29, 1.82) is 0 Å². The highest BCUT2D eigenvalue weighted by Crippen LogP contribution is 2.20. The molecule has 1 amide bonds. The third-order valence-corrected chi connectivity index (χ3v) is 2.74. The van der Waals surface area contributed by atoms with Crippen LogP contribution < -0.4 is 5.32 Å². The van der Waals surface area contributed by atoms with E-state index in [9.17, 15) is 9.59 Å². The van der Waals surface area contributed by atoms with E-state index >= 15 is 0 Å². The third-order valence-electron chi connectivity index (χ3n) is 2.74. The van der Waals surface area contributed by atoms with Gasteiger partial charge in [-0.1, -0.05) is 13.8 Å². The molecule has 0 rings (SSSR count). The molecular weight excluding hydrogens is 234 g/mol. The van der Waals surface area contributed by atoms with Crippen LogP contribution in [0.4, 0.5) is 4.79 Å². The van der Waals surface area contributed by atoms with Gasteiger partial charge in [0, 0.05) is 18.6 Å². The van der Waals surface area contributed by atoms with Gasteiger partial charge >= 0.3 is 6.09 Å². The molecule has 18 heavy (non-hydrogen) atoms. The molecule has 1 N–H and O–H groups in total. The first kappa shape index (κ1) is 16.9. The highest BCUT2D eigenvalue weighted by molar-refractivity contribution is 5.66. The first-order valence-electron chi connectivity index (χ1n) is 6.14. The summed E-state index contributed by atoms with van der Waals surface area (Å²) in [6, 6.07) is 0. The minimum Gasteiger partial charge on any atom is -0.453 e. The molecule has 5 heteroatoms. The van der Waals surface area contributed by atoms with Gasteiger partial charge < -0.3 is 19.6 Å². The first-order chi connectivity index (χ1) is 8.22. The van der Waals surface area contributed by atoms with E-state index in [0.717, 1.165) is 6.29 Å². The van der Waals surface area contributed by atoms with E-state index in [0.29, 0.717) is 26.0 Å². The van der Waals surface area contributed by atoms with E-state index < -0.39 is 6.09 Å². The molecule has 5 nitrogen and oxygen atoms in total. The molecule has 0 aromatic heterocycles. The molecular formula is C13H25NO4. The lowest BCUT2D eigenvalue weighted by Crippen LogP contribution is -2.33. The van der Waals surface area contributed by atoms with Gasteiger partial charge in [0.2, 0.25) is 0 Å². The second-order valence-electron chi connectivity index (χ2n) is 5.63. The molecule has 0 fully saturated rings. The smallest absolute Gasteiger partial charge is 0.406 e. The van der Waals surface area contributed by atoms with Crippen LogP contribution >= 0.6 is 0 Å². The van der Waals surface area contributed by atoms with Gasteiger partial charge in [-0.05, 0) is 26.7 Å². The molecule has 0 atom stereocenters. The van der Waals surface area contributed by atoms with Crippen LogP contribution in [0.2, 0.25) is 0 Å². The number of rotatable bonds is 8. The number of methoxy groups -OCH3 is 1. The van der Waals surface area contributed by atoms with Crippen LogP contribution in [0.3, 0.4) is 0 Å². The lowest BCUT2D eigenvalue weighted by atomic mass is 9.92. The highest BCUT2D eigenvalue weighted by Gasteiger charge is 2.21. The summed E-state index contributed by atoms with van der Waals surface area (Å²) >= 11 is 0. The standard InChI is InChI=1S/C13H25NO4/c1-12(2,10-15)7-9-18-13(3,4)6-8-14-11(16)17-5/h10H,6-9H2,1-5H3,(H,14,16). The fourth-order valence-electron chi connectivity index (χ4n) is 1.26. The highest BCUT2D eigenvalue weighted by atomic mass is 16.5. The van der Waals surface area contributed by atoms with E-state index in [1.165, 1.54) is 7.11 Å². The largest absolute Gasteiger partial charge is 0.453 e. The van der Waals surface area contributed by atoms with Crippen LogP contribution in [0.5, 0.6) is 0 Å². The molecule has 106 valence electrons. The van der Waals surface area contributed by atoms with Crippen molar-refractivity contribution in [2.75, 3.05) is 20.3 Å². The van der Waals surface area contributed by atoms with Crippen molar-refractivity contribution >= 4 is 12.4 Å². The van der Waals surface area contributed by atoms with Crippen LogP contribution in [-0.2, 0) is 14.3 Å². The Balaban J connectivity index is 3.86. The lowest BCUT2D eigenvalue weighted by Gasteiger charge is -2.27. The zero-order valence-electron chi connectivity index (χ0n) is 12.0. The predicted molar refractivity (Wildman–Crippen MR) is 69.5 cm³/mol. The van der Waals surface area contributed by atoms with Crippen molar-refractivity contribution < 1.29 is 19.1 Å². The van der Waals surface area contributed by atoms with Gasteiger partial charge in [-0.3, -0.25) is 0 Å². The molecule has 0 saturated heterocycles. The Morgan fingerprint density at radius 3 is 2.33 bits per heavy atom. The number of hydrogen-bond donors (Lipinski definition) is 1. The first-order valence-corrected chi connectivity index (χ1v) is 6.14. The third kappa shape index (κ3) is 8.06. The molecule has 0 radical (unpaired) electrons.